The minimum atomic E-state index is 0.750. The normalized spacial score (nSPS) is 10.9. The summed E-state index contributed by atoms with van der Waals surface area (Å²) in [4.78, 5) is 0. The van der Waals surface area contributed by atoms with Crippen molar-refractivity contribution in [2.45, 2.75) is 38.5 Å². The molecule has 6 heteroatoms. The lowest BCUT2D eigenvalue weighted by molar-refractivity contribution is 0.485. The topological polar surface area (TPSA) is 100 Å². The second-order valence-electron chi connectivity index (χ2n) is 3.83. The van der Waals surface area contributed by atoms with Crippen LogP contribution in [0.4, 0.5) is 0 Å². The molecule has 0 aromatic rings. The van der Waals surface area contributed by atoms with Gasteiger partial charge in [0.15, 0.2) is 0 Å². The van der Waals surface area contributed by atoms with Crippen molar-refractivity contribution in [2.24, 2.45) is 11.6 Å². The van der Waals surface area contributed by atoms with E-state index in [0.29, 0.717) is 0 Å². The SMILES string of the molecule is NCCCNNCCCCCCCNNN. The molecule has 0 aliphatic rings. The number of rotatable bonds is 13. The van der Waals surface area contributed by atoms with E-state index in [1.165, 1.54) is 32.1 Å². The molecule has 0 spiro atoms. The summed E-state index contributed by atoms with van der Waals surface area (Å²) in [5.74, 6) is 5.07. The molecule has 0 saturated heterocycles. The van der Waals surface area contributed by atoms with Gasteiger partial charge in [-0.1, -0.05) is 19.3 Å². The second-order valence-corrected chi connectivity index (χ2v) is 3.83. The van der Waals surface area contributed by atoms with E-state index < -0.39 is 0 Å². The van der Waals surface area contributed by atoms with Crippen LogP contribution in [0.5, 0.6) is 0 Å². The average molecular weight is 232 g/mol. The van der Waals surface area contributed by atoms with Gasteiger partial charge in [0.25, 0.3) is 0 Å². The molecule has 0 aromatic carbocycles. The van der Waals surface area contributed by atoms with Crippen LogP contribution < -0.4 is 33.4 Å². The van der Waals surface area contributed by atoms with Crippen LogP contribution in [0.2, 0.25) is 0 Å². The van der Waals surface area contributed by atoms with Crippen molar-refractivity contribution in [3.05, 3.63) is 0 Å². The van der Waals surface area contributed by atoms with Crippen LogP contribution in [0.15, 0.2) is 0 Å². The molecule has 0 rings (SSSR count). The average Bonchev–Trinajstić information content (AvgIpc) is 2.31. The van der Waals surface area contributed by atoms with Crippen LogP contribution in [0.1, 0.15) is 38.5 Å². The van der Waals surface area contributed by atoms with Crippen molar-refractivity contribution in [3.8, 4) is 0 Å². The first kappa shape index (κ1) is 15.8. The summed E-state index contributed by atoms with van der Waals surface area (Å²) >= 11 is 0. The van der Waals surface area contributed by atoms with Gasteiger partial charge in [-0.15, -0.1) is 0 Å². The smallest absolute Gasteiger partial charge is 0.0113 e. The minimum absolute atomic E-state index is 0.750. The molecule has 6 nitrogen and oxygen atoms in total. The summed E-state index contributed by atoms with van der Waals surface area (Å²) in [6.45, 7) is 3.68. The predicted molar refractivity (Wildman–Crippen MR) is 68.1 cm³/mol. The Morgan fingerprint density at radius 1 is 0.625 bits per heavy atom. The van der Waals surface area contributed by atoms with Crippen molar-refractivity contribution < 1.29 is 0 Å². The molecule has 0 aliphatic carbocycles. The van der Waals surface area contributed by atoms with Gasteiger partial charge in [0.05, 0.1) is 0 Å². The van der Waals surface area contributed by atoms with E-state index in [-0.39, 0.29) is 0 Å². The number of hydrazine groups is 3. The third-order valence-electron chi connectivity index (χ3n) is 2.34. The van der Waals surface area contributed by atoms with Crippen molar-refractivity contribution in [2.75, 3.05) is 26.2 Å². The van der Waals surface area contributed by atoms with Gasteiger partial charge in [-0.3, -0.25) is 16.7 Å². The van der Waals surface area contributed by atoms with E-state index in [4.69, 9.17) is 11.6 Å². The highest BCUT2D eigenvalue weighted by atomic mass is 15.5. The van der Waals surface area contributed by atoms with Crippen LogP contribution in [-0.4, -0.2) is 26.2 Å². The molecular weight excluding hydrogens is 204 g/mol. The largest absolute Gasteiger partial charge is 0.330 e. The van der Waals surface area contributed by atoms with Gasteiger partial charge in [0.1, 0.15) is 0 Å². The molecule has 0 atom stereocenters. The maximum absolute atomic E-state index is 5.37. The highest BCUT2D eigenvalue weighted by molar-refractivity contribution is 4.48. The Kier molecular flexibility index (Phi) is 14.5. The Morgan fingerprint density at radius 2 is 1.12 bits per heavy atom. The molecule has 0 aromatic heterocycles. The predicted octanol–water partition coefficient (Wildman–Crippen LogP) is -0.652. The maximum atomic E-state index is 5.37. The third kappa shape index (κ3) is 13.8. The summed E-state index contributed by atoms with van der Waals surface area (Å²) < 4.78 is 0. The number of hydrogen-bond acceptors (Lipinski definition) is 6. The lowest BCUT2D eigenvalue weighted by Gasteiger charge is -2.06. The number of nitrogens with one attached hydrogen (secondary N) is 4. The number of unbranched alkanes of at least 4 members (excludes halogenated alkanes) is 4. The van der Waals surface area contributed by atoms with E-state index in [9.17, 15) is 0 Å². The molecule has 16 heavy (non-hydrogen) atoms. The third-order valence-corrected chi connectivity index (χ3v) is 2.34. The Hall–Kier alpha value is -0.240. The lowest BCUT2D eigenvalue weighted by Crippen LogP contribution is -2.38. The molecule has 0 unspecified atom stereocenters. The highest BCUT2D eigenvalue weighted by Gasteiger charge is 1.91. The molecule has 0 heterocycles. The molecule has 0 fully saturated rings. The zero-order chi connectivity index (χ0) is 11.9. The second kappa shape index (κ2) is 14.8. The Labute approximate surface area is 98.8 Å². The number of hydrogen-bond donors (Lipinski definition) is 6. The molecule has 0 radical (unpaired) electrons. The van der Waals surface area contributed by atoms with Crippen molar-refractivity contribution in [1.29, 1.82) is 0 Å². The van der Waals surface area contributed by atoms with Crippen LogP contribution in [0.25, 0.3) is 0 Å². The monoisotopic (exact) mass is 232 g/mol. The van der Waals surface area contributed by atoms with Gasteiger partial charge in [0, 0.05) is 19.6 Å². The summed E-state index contributed by atoms with van der Waals surface area (Å²) in [6, 6.07) is 0. The quantitative estimate of drug-likeness (QED) is 0.143. The molecular formula is C10H28N6. The van der Waals surface area contributed by atoms with Gasteiger partial charge in [0.2, 0.25) is 0 Å². The summed E-state index contributed by atoms with van der Waals surface area (Å²) in [5.41, 5.74) is 17.0. The number of nitrogens with two attached hydrogens (primary N) is 2. The van der Waals surface area contributed by atoms with E-state index in [1.54, 1.807) is 0 Å². The van der Waals surface area contributed by atoms with Crippen molar-refractivity contribution in [3.63, 3.8) is 0 Å². The minimum Gasteiger partial charge on any atom is -0.330 e. The fourth-order valence-electron chi connectivity index (χ4n) is 1.40. The Balaban J connectivity index is 2.83. The fourth-order valence-corrected chi connectivity index (χ4v) is 1.40. The zero-order valence-electron chi connectivity index (χ0n) is 10.2. The molecule has 0 amide bonds. The molecule has 0 aliphatic heterocycles. The summed E-state index contributed by atoms with van der Waals surface area (Å²) in [5, 5.41) is 0. The molecule has 0 saturated carbocycles. The van der Waals surface area contributed by atoms with E-state index in [2.05, 4.69) is 21.8 Å². The first-order valence-corrected chi connectivity index (χ1v) is 6.26. The standard InChI is InChI=1S/C10H28N6/c11-7-6-10-14-13-8-4-2-1-3-5-9-15-16-12/h13-16H,1-12H2. The van der Waals surface area contributed by atoms with Gasteiger partial charge >= 0.3 is 0 Å². The first-order chi connectivity index (χ1) is 7.91. The van der Waals surface area contributed by atoms with Crippen molar-refractivity contribution >= 4 is 0 Å². The lowest BCUT2D eigenvalue weighted by atomic mass is 10.1. The van der Waals surface area contributed by atoms with Crippen LogP contribution >= 0.6 is 0 Å². The van der Waals surface area contributed by atoms with Crippen LogP contribution in [0.3, 0.4) is 0 Å². The van der Waals surface area contributed by atoms with Gasteiger partial charge in [-0.2, -0.15) is 5.53 Å². The van der Waals surface area contributed by atoms with Gasteiger partial charge < -0.3 is 5.73 Å². The van der Waals surface area contributed by atoms with E-state index >= 15 is 0 Å². The maximum Gasteiger partial charge on any atom is 0.0113 e. The zero-order valence-corrected chi connectivity index (χ0v) is 10.2. The highest BCUT2D eigenvalue weighted by Crippen LogP contribution is 2.00. The van der Waals surface area contributed by atoms with E-state index in [1.807, 2.05) is 0 Å². The Morgan fingerprint density at radius 3 is 1.69 bits per heavy atom. The van der Waals surface area contributed by atoms with Gasteiger partial charge in [-0.25, -0.2) is 5.43 Å². The van der Waals surface area contributed by atoms with Gasteiger partial charge in [-0.05, 0) is 25.8 Å². The first-order valence-electron chi connectivity index (χ1n) is 6.26. The summed E-state index contributed by atoms with van der Waals surface area (Å²) in [7, 11) is 0. The Bertz CT molecular complexity index is 108. The summed E-state index contributed by atoms with van der Waals surface area (Å²) in [6.07, 6.45) is 7.24. The molecule has 8 N–H and O–H groups in total. The molecule has 0 bridgehead atoms. The van der Waals surface area contributed by atoms with Crippen LogP contribution in [-0.2, 0) is 0 Å². The van der Waals surface area contributed by atoms with Crippen LogP contribution in [0, 0.1) is 0 Å². The van der Waals surface area contributed by atoms with E-state index in [0.717, 1.165) is 32.6 Å². The molecule has 98 valence electrons. The van der Waals surface area contributed by atoms with Crippen molar-refractivity contribution in [1.82, 2.24) is 21.8 Å². The fraction of sp³-hybridized carbons (Fsp3) is 1.00.